The van der Waals surface area contributed by atoms with Crippen LogP contribution in [0.3, 0.4) is 0 Å². The van der Waals surface area contributed by atoms with Crippen LogP contribution >= 0.6 is 0 Å². The van der Waals surface area contributed by atoms with Crippen molar-refractivity contribution >= 4 is 11.6 Å². The predicted molar refractivity (Wildman–Crippen MR) is 84.3 cm³/mol. The average molecular weight is 308 g/mol. The van der Waals surface area contributed by atoms with Crippen molar-refractivity contribution in [2.24, 2.45) is 5.92 Å². The van der Waals surface area contributed by atoms with Crippen LogP contribution in [0, 0.1) is 5.92 Å². The summed E-state index contributed by atoms with van der Waals surface area (Å²) in [5, 5.41) is 24.7. The van der Waals surface area contributed by atoms with E-state index in [2.05, 4.69) is 10.6 Å². The van der Waals surface area contributed by atoms with Gasteiger partial charge in [-0.05, 0) is 44.0 Å². The third-order valence-electron chi connectivity index (χ3n) is 3.67. The topological polar surface area (TPSA) is 90.8 Å². The average Bonchev–Trinajstić information content (AvgIpc) is 2.52. The molecule has 1 aromatic carbocycles. The first kappa shape index (κ1) is 16.6. The summed E-state index contributed by atoms with van der Waals surface area (Å²) < 4.78 is 5.78. The molecule has 22 heavy (non-hydrogen) atoms. The molecule has 0 aliphatic carbocycles. The molecule has 1 amide bonds. The summed E-state index contributed by atoms with van der Waals surface area (Å²) in [5.41, 5.74) is 1.34. The van der Waals surface area contributed by atoms with Crippen LogP contribution < -0.4 is 15.4 Å². The molecule has 1 heterocycles. The molecular formula is C16H24N2O4. The SMILES string of the molecule is CC(CO)CNCCCOc1ccc(O)c2c1CCC(=O)N2. The molecule has 0 saturated carbocycles. The fraction of sp³-hybridized carbons (Fsp3) is 0.562. The lowest BCUT2D eigenvalue weighted by Gasteiger charge is -2.21. The normalized spacial score (nSPS) is 15.1. The van der Waals surface area contributed by atoms with Gasteiger partial charge >= 0.3 is 0 Å². The minimum absolute atomic E-state index is 0.0788. The molecule has 1 aliphatic rings. The number of carbonyl (C=O) groups is 1. The van der Waals surface area contributed by atoms with E-state index >= 15 is 0 Å². The van der Waals surface area contributed by atoms with Gasteiger partial charge in [-0.15, -0.1) is 0 Å². The largest absolute Gasteiger partial charge is 0.506 e. The number of phenolic OH excluding ortho intramolecular Hbond substituents is 1. The zero-order valence-corrected chi connectivity index (χ0v) is 12.9. The summed E-state index contributed by atoms with van der Waals surface area (Å²) in [6.45, 7) is 4.35. The summed E-state index contributed by atoms with van der Waals surface area (Å²) >= 11 is 0. The zero-order valence-electron chi connectivity index (χ0n) is 12.9. The van der Waals surface area contributed by atoms with E-state index < -0.39 is 0 Å². The zero-order chi connectivity index (χ0) is 15.9. The number of nitrogens with one attached hydrogen (secondary N) is 2. The van der Waals surface area contributed by atoms with E-state index in [0.29, 0.717) is 25.1 Å². The molecule has 0 fully saturated rings. The van der Waals surface area contributed by atoms with E-state index in [1.165, 1.54) is 0 Å². The molecule has 122 valence electrons. The Morgan fingerprint density at radius 2 is 2.23 bits per heavy atom. The number of amides is 1. The number of phenols is 1. The summed E-state index contributed by atoms with van der Waals surface area (Å²) in [6, 6.07) is 3.29. The van der Waals surface area contributed by atoms with Gasteiger partial charge in [0.2, 0.25) is 5.91 Å². The van der Waals surface area contributed by atoms with Crippen LogP contribution in [-0.4, -0.2) is 42.4 Å². The number of benzene rings is 1. The molecule has 6 nitrogen and oxygen atoms in total. The van der Waals surface area contributed by atoms with Crippen LogP contribution in [0.4, 0.5) is 5.69 Å². The molecule has 2 rings (SSSR count). The molecule has 6 heteroatoms. The van der Waals surface area contributed by atoms with Crippen molar-refractivity contribution in [2.45, 2.75) is 26.2 Å². The fourth-order valence-corrected chi connectivity index (χ4v) is 2.37. The highest BCUT2D eigenvalue weighted by molar-refractivity contribution is 5.96. The number of hydrogen-bond donors (Lipinski definition) is 4. The van der Waals surface area contributed by atoms with Crippen molar-refractivity contribution in [3.63, 3.8) is 0 Å². The highest BCUT2D eigenvalue weighted by atomic mass is 16.5. The van der Waals surface area contributed by atoms with Crippen LogP contribution in [0.1, 0.15) is 25.3 Å². The molecule has 0 spiro atoms. The van der Waals surface area contributed by atoms with Gasteiger partial charge in [-0.25, -0.2) is 0 Å². The Kier molecular flexibility index (Phi) is 6.03. The number of fused-ring (bicyclic) bond motifs is 1. The molecule has 1 atom stereocenters. The number of anilines is 1. The van der Waals surface area contributed by atoms with E-state index in [0.717, 1.165) is 30.8 Å². The number of aliphatic hydroxyl groups is 1. The predicted octanol–water partition coefficient (Wildman–Crippen LogP) is 1.26. The van der Waals surface area contributed by atoms with E-state index in [1.807, 2.05) is 6.92 Å². The lowest BCUT2D eigenvalue weighted by Crippen LogP contribution is -2.25. The first-order valence-corrected chi connectivity index (χ1v) is 7.71. The Labute approximate surface area is 130 Å². The minimum atomic E-state index is -0.0813. The number of carbonyl (C=O) groups excluding carboxylic acids is 1. The molecule has 0 aromatic heterocycles. The Morgan fingerprint density at radius 3 is 3.00 bits per heavy atom. The maximum atomic E-state index is 11.4. The van der Waals surface area contributed by atoms with Crippen LogP contribution in [0.5, 0.6) is 11.5 Å². The van der Waals surface area contributed by atoms with E-state index in [9.17, 15) is 9.90 Å². The van der Waals surface area contributed by atoms with Crippen molar-refractivity contribution in [1.82, 2.24) is 5.32 Å². The molecule has 0 bridgehead atoms. The van der Waals surface area contributed by atoms with Crippen LogP contribution in [0.15, 0.2) is 12.1 Å². The molecular weight excluding hydrogens is 284 g/mol. The van der Waals surface area contributed by atoms with E-state index in [-0.39, 0.29) is 24.2 Å². The highest BCUT2D eigenvalue weighted by Gasteiger charge is 2.21. The maximum Gasteiger partial charge on any atom is 0.224 e. The lowest BCUT2D eigenvalue weighted by atomic mass is 10.0. The summed E-state index contributed by atoms with van der Waals surface area (Å²) in [5.74, 6) is 0.974. The van der Waals surface area contributed by atoms with Crippen molar-refractivity contribution < 1.29 is 19.7 Å². The number of hydrogen-bond acceptors (Lipinski definition) is 5. The van der Waals surface area contributed by atoms with Crippen LogP contribution in [-0.2, 0) is 11.2 Å². The van der Waals surface area contributed by atoms with Crippen molar-refractivity contribution in [3.05, 3.63) is 17.7 Å². The van der Waals surface area contributed by atoms with Crippen molar-refractivity contribution in [1.29, 1.82) is 0 Å². The first-order valence-electron chi connectivity index (χ1n) is 7.71. The van der Waals surface area contributed by atoms with Gasteiger partial charge in [0, 0.05) is 18.6 Å². The molecule has 1 aromatic rings. The molecule has 4 N–H and O–H groups in total. The standard InChI is InChI=1S/C16H24N2O4/c1-11(10-19)9-17-7-2-8-22-14-5-4-13(20)16-12(14)3-6-15(21)18-16/h4-5,11,17,19-20H,2-3,6-10H2,1H3,(H,18,21). The second kappa shape index (κ2) is 8.00. The third kappa shape index (κ3) is 4.35. The molecule has 0 radical (unpaired) electrons. The number of ether oxygens (including phenoxy) is 1. The van der Waals surface area contributed by atoms with Gasteiger partial charge in [0.25, 0.3) is 0 Å². The van der Waals surface area contributed by atoms with E-state index in [4.69, 9.17) is 9.84 Å². The monoisotopic (exact) mass is 308 g/mol. The van der Waals surface area contributed by atoms with Gasteiger partial charge in [-0.2, -0.15) is 0 Å². The summed E-state index contributed by atoms with van der Waals surface area (Å²) in [7, 11) is 0. The fourth-order valence-electron chi connectivity index (χ4n) is 2.37. The van der Waals surface area contributed by atoms with Crippen LogP contribution in [0.25, 0.3) is 0 Å². The van der Waals surface area contributed by atoms with Gasteiger partial charge in [0.1, 0.15) is 11.5 Å². The maximum absolute atomic E-state index is 11.4. The van der Waals surface area contributed by atoms with Crippen molar-refractivity contribution in [3.8, 4) is 11.5 Å². The lowest BCUT2D eigenvalue weighted by molar-refractivity contribution is -0.116. The summed E-state index contributed by atoms with van der Waals surface area (Å²) in [4.78, 5) is 11.4. The number of aromatic hydroxyl groups is 1. The van der Waals surface area contributed by atoms with Crippen molar-refractivity contribution in [2.75, 3.05) is 31.6 Å². The second-order valence-corrected chi connectivity index (χ2v) is 5.68. The smallest absolute Gasteiger partial charge is 0.224 e. The molecule has 1 aliphatic heterocycles. The Bertz CT molecular complexity index is 519. The highest BCUT2D eigenvalue weighted by Crippen LogP contribution is 2.37. The van der Waals surface area contributed by atoms with E-state index in [1.54, 1.807) is 12.1 Å². The number of rotatable bonds is 8. The quantitative estimate of drug-likeness (QED) is 0.429. The Morgan fingerprint density at radius 1 is 1.41 bits per heavy atom. The van der Waals surface area contributed by atoms with Gasteiger partial charge in [0.05, 0.1) is 12.3 Å². The second-order valence-electron chi connectivity index (χ2n) is 5.68. The van der Waals surface area contributed by atoms with Crippen LogP contribution in [0.2, 0.25) is 0 Å². The van der Waals surface area contributed by atoms with Gasteiger partial charge in [-0.3, -0.25) is 4.79 Å². The number of aliphatic hydroxyl groups excluding tert-OH is 1. The summed E-state index contributed by atoms with van der Waals surface area (Å²) in [6.07, 6.45) is 1.84. The third-order valence-corrected chi connectivity index (χ3v) is 3.67. The van der Waals surface area contributed by atoms with Gasteiger partial charge in [0.15, 0.2) is 0 Å². The van der Waals surface area contributed by atoms with Gasteiger partial charge in [-0.1, -0.05) is 6.92 Å². The Balaban J connectivity index is 1.81. The Hall–Kier alpha value is -1.79. The van der Waals surface area contributed by atoms with Gasteiger partial charge < -0.3 is 25.6 Å². The first-order chi connectivity index (χ1) is 10.6. The molecule has 0 saturated heterocycles. The minimum Gasteiger partial charge on any atom is -0.506 e. The molecule has 1 unspecified atom stereocenters.